The molecule has 0 radical (unpaired) electrons. The van der Waals surface area contributed by atoms with Gasteiger partial charge in [0.15, 0.2) is 6.10 Å². The second-order valence-electron chi connectivity index (χ2n) is 3.70. The summed E-state index contributed by atoms with van der Waals surface area (Å²) in [6.45, 7) is 1.27. The number of hydrogen-bond donors (Lipinski definition) is 2. The molecule has 0 aliphatic rings. The number of urea groups is 1. The third-order valence-corrected chi connectivity index (χ3v) is 2.26. The third kappa shape index (κ3) is 3.90. The third-order valence-electron chi connectivity index (χ3n) is 2.26. The predicted octanol–water partition coefficient (Wildman–Crippen LogP) is 0.957. The Balaban J connectivity index is 2.87. The van der Waals surface area contributed by atoms with Crippen LogP contribution in [-0.4, -0.2) is 30.0 Å². The summed E-state index contributed by atoms with van der Waals surface area (Å²) >= 11 is 0. The van der Waals surface area contributed by atoms with Crippen molar-refractivity contribution in [2.45, 2.75) is 13.0 Å². The standard InChI is InChI=1S/C11H12FN3O5/c1-6(10(16)14-11(17)13-2)20-9-5-7(12)3-4-8(9)15(18)19/h3-6H,1-2H3,(H2,13,14,16,17)/t6-/m1/s1. The van der Waals surface area contributed by atoms with Crippen LogP contribution in [0.4, 0.5) is 14.9 Å². The predicted molar refractivity (Wildman–Crippen MR) is 65.7 cm³/mol. The van der Waals surface area contributed by atoms with E-state index in [0.29, 0.717) is 0 Å². The van der Waals surface area contributed by atoms with Gasteiger partial charge in [-0.1, -0.05) is 0 Å². The summed E-state index contributed by atoms with van der Waals surface area (Å²) in [5.74, 6) is -1.96. The fraction of sp³-hybridized carbons (Fsp3) is 0.273. The van der Waals surface area contributed by atoms with Gasteiger partial charge in [0.25, 0.3) is 5.91 Å². The second-order valence-corrected chi connectivity index (χ2v) is 3.70. The number of amides is 3. The molecule has 108 valence electrons. The molecule has 0 aliphatic carbocycles. The summed E-state index contributed by atoms with van der Waals surface area (Å²) < 4.78 is 18.1. The molecule has 0 aliphatic heterocycles. The van der Waals surface area contributed by atoms with E-state index >= 15 is 0 Å². The van der Waals surface area contributed by atoms with E-state index < -0.39 is 40.2 Å². The molecular formula is C11H12FN3O5. The molecule has 1 aromatic rings. The van der Waals surface area contributed by atoms with Crippen LogP contribution < -0.4 is 15.4 Å². The Morgan fingerprint density at radius 1 is 1.45 bits per heavy atom. The molecule has 0 saturated heterocycles. The molecule has 0 aromatic heterocycles. The maximum Gasteiger partial charge on any atom is 0.321 e. The van der Waals surface area contributed by atoms with Gasteiger partial charge in [-0.2, -0.15) is 0 Å². The number of rotatable bonds is 4. The Morgan fingerprint density at radius 2 is 2.10 bits per heavy atom. The number of nitrogens with zero attached hydrogens (tertiary/aromatic N) is 1. The van der Waals surface area contributed by atoms with E-state index in [4.69, 9.17) is 4.74 Å². The van der Waals surface area contributed by atoms with Crippen molar-refractivity contribution >= 4 is 17.6 Å². The zero-order valence-electron chi connectivity index (χ0n) is 10.7. The van der Waals surface area contributed by atoms with Crippen LogP contribution in [0.25, 0.3) is 0 Å². The van der Waals surface area contributed by atoms with E-state index in [9.17, 15) is 24.1 Å². The summed E-state index contributed by atoms with van der Waals surface area (Å²) in [6, 6.07) is 1.87. The molecule has 8 nitrogen and oxygen atoms in total. The largest absolute Gasteiger partial charge is 0.474 e. The maximum absolute atomic E-state index is 13.1. The van der Waals surface area contributed by atoms with Crippen molar-refractivity contribution < 1.29 is 23.6 Å². The van der Waals surface area contributed by atoms with Crippen molar-refractivity contribution in [1.29, 1.82) is 0 Å². The highest BCUT2D eigenvalue weighted by molar-refractivity contribution is 5.96. The number of hydrogen-bond acceptors (Lipinski definition) is 5. The van der Waals surface area contributed by atoms with Crippen LogP contribution in [-0.2, 0) is 4.79 Å². The minimum atomic E-state index is -1.22. The molecule has 0 spiro atoms. The molecule has 2 N–H and O–H groups in total. The molecule has 0 fully saturated rings. The number of benzene rings is 1. The van der Waals surface area contributed by atoms with Crippen LogP contribution in [0.1, 0.15) is 6.92 Å². The monoisotopic (exact) mass is 285 g/mol. The number of carbonyl (C=O) groups excluding carboxylic acids is 2. The van der Waals surface area contributed by atoms with Gasteiger partial charge in [-0.3, -0.25) is 20.2 Å². The first-order chi connectivity index (χ1) is 9.35. The SMILES string of the molecule is CNC(=O)NC(=O)[C@@H](C)Oc1cc(F)ccc1[N+](=O)[O-]. The molecule has 0 saturated carbocycles. The Morgan fingerprint density at radius 3 is 2.65 bits per heavy atom. The molecule has 0 heterocycles. The summed E-state index contributed by atoms with van der Waals surface area (Å²) in [4.78, 5) is 32.4. The second kappa shape index (κ2) is 6.45. The van der Waals surface area contributed by atoms with Gasteiger partial charge >= 0.3 is 11.7 Å². The molecule has 3 amide bonds. The molecular weight excluding hydrogens is 273 g/mol. The average molecular weight is 285 g/mol. The van der Waals surface area contributed by atoms with Gasteiger partial charge in [0.2, 0.25) is 5.75 Å². The van der Waals surface area contributed by atoms with E-state index in [1.54, 1.807) is 0 Å². The fourth-order valence-corrected chi connectivity index (χ4v) is 1.25. The van der Waals surface area contributed by atoms with Crippen LogP contribution in [0, 0.1) is 15.9 Å². The van der Waals surface area contributed by atoms with Crippen LogP contribution >= 0.6 is 0 Å². The number of halogens is 1. The Kier molecular flexibility index (Phi) is 4.95. The lowest BCUT2D eigenvalue weighted by Gasteiger charge is -2.13. The topological polar surface area (TPSA) is 111 Å². The molecule has 1 aromatic carbocycles. The highest BCUT2D eigenvalue weighted by atomic mass is 19.1. The first-order valence-corrected chi connectivity index (χ1v) is 5.48. The van der Waals surface area contributed by atoms with E-state index in [1.807, 2.05) is 5.32 Å². The van der Waals surface area contributed by atoms with Crippen LogP contribution in [0.3, 0.4) is 0 Å². The van der Waals surface area contributed by atoms with E-state index in [2.05, 4.69) is 5.32 Å². The van der Waals surface area contributed by atoms with Gasteiger partial charge < -0.3 is 10.1 Å². The van der Waals surface area contributed by atoms with E-state index in [-0.39, 0.29) is 0 Å². The van der Waals surface area contributed by atoms with Crippen molar-refractivity contribution in [2.75, 3.05) is 7.05 Å². The lowest BCUT2D eigenvalue weighted by molar-refractivity contribution is -0.386. The smallest absolute Gasteiger partial charge is 0.321 e. The lowest BCUT2D eigenvalue weighted by Crippen LogP contribution is -2.44. The number of ether oxygens (including phenoxy) is 1. The highest BCUT2D eigenvalue weighted by Crippen LogP contribution is 2.28. The lowest BCUT2D eigenvalue weighted by atomic mass is 10.3. The van der Waals surface area contributed by atoms with Crippen molar-refractivity contribution in [3.8, 4) is 5.75 Å². The van der Waals surface area contributed by atoms with Crippen molar-refractivity contribution in [3.63, 3.8) is 0 Å². The number of nitro benzene ring substituents is 1. The molecule has 0 unspecified atom stereocenters. The quantitative estimate of drug-likeness (QED) is 0.632. The van der Waals surface area contributed by atoms with Gasteiger partial charge in [-0.15, -0.1) is 0 Å². The van der Waals surface area contributed by atoms with E-state index in [0.717, 1.165) is 18.2 Å². The highest BCUT2D eigenvalue weighted by Gasteiger charge is 2.22. The first kappa shape index (κ1) is 15.3. The average Bonchev–Trinajstić information content (AvgIpc) is 2.38. The molecule has 9 heteroatoms. The van der Waals surface area contributed by atoms with Crippen molar-refractivity contribution in [2.24, 2.45) is 0 Å². The van der Waals surface area contributed by atoms with Gasteiger partial charge in [0, 0.05) is 19.2 Å². The normalized spacial score (nSPS) is 11.3. The fourth-order valence-electron chi connectivity index (χ4n) is 1.25. The zero-order valence-corrected chi connectivity index (χ0v) is 10.7. The Hall–Kier alpha value is -2.71. The first-order valence-electron chi connectivity index (χ1n) is 5.48. The summed E-state index contributed by atoms with van der Waals surface area (Å²) in [7, 11) is 1.31. The number of imide groups is 1. The molecule has 1 rings (SSSR count). The van der Waals surface area contributed by atoms with Crippen LogP contribution in [0.2, 0.25) is 0 Å². The summed E-state index contributed by atoms with van der Waals surface area (Å²) in [5, 5.41) is 14.8. The Bertz CT molecular complexity index is 549. The molecule has 0 bridgehead atoms. The van der Waals surface area contributed by atoms with Gasteiger partial charge in [0.05, 0.1) is 4.92 Å². The summed E-state index contributed by atoms with van der Waals surface area (Å²) in [5.41, 5.74) is -0.481. The number of carbonyl (C=O) groups is 2. The molecule has 20 heavy (non-hydrogen) atoms. The number of nitro groups is 1. The summed E-state index contributed by atoms with van der Waals surface area (Å²) in [6.07, 6.45) is -1.22. The number of nitrogens with one attached hydrogen (secondary N) is 2. The van der Waals surface area contributed by atoms with Gasteiger partial charge in [0.1, 0.15) is 5.82 Å². The van der Waals surface area contributed by atoms with Crippen LogP contribution in [0.15, 0.2) is 18.2 Å². The van der Waals surface area contributed by atoms with Crippen molar-refractivity contribution in [3.05, 3.63) is 34.1 Å². The molecule has 1 atom stereocenters. The van der Waals surface area contributed by atoms with Crippen LogP contribution in [0.5, 0.6) is 5.75 Å². The zero-order chi connectivity index (χ0) is 15.3. The van der Waals surface area contributed by atoms with Gasteiger partial charge in [-0.05, 0) is 13.0 Å². The maximum atomic E-state index is 13.1. The van der Waals surface area contributed by atoms with E-state index in [1.165, 1.54) is 14.0 Å². The minimum absolute atomic E-state index is 0.394. The minimum Gasteiger partial charge on any atom is -0.474 e. The van der Waals surface area contributed by atoms with Crippen molar-refractivity contribution in [1.82, 2.24) is 10.6 Å². The Labute approximate surface area is 113 Å². The van der Waals surface area contributed by atoms with Gasteiger partial charge in [-0.25, -0.2) is 9.18 Å².